The maximum Gasteiger partial charge on any atom is 0.119 e. The fraction of sp³-hybridized carbons (Fsp3) is 0.455. The molecule has 0 atom stereocenters. The molecule has 144 valence electrons. The normalized spacial score (nSPS) is 11.3. The molecular formula is C22H32ClN2O-. The number of benzene rings is 2. The Morgan fingerprint density at radius 1 is 0.885 bits per heavy atom. The van der Waals surface area contributed by atoms with Crippen LogP contribution in [0.2, 0.25) is 0 Å². The number of hydrogen-bond acceptors (Lipinski definition) is 3. The first kappa shape index (κ1) is 22.5. The van der Waals surface area contributed by atoms with Gasteiger partial charge in [-0.15, -0.1) is 0 Å². The van der Waals surface area contributed by atoms with Crippen LogP contribution in [0.25, 0.3) is 0 Å². The van der Waals surface area contributed by atoms with Gasteiger partial charge in [-0.1, -0.05) is 56.3 Å². The lowest BCUT2D eigenvalue weighted by molar-refractivity contribution is -0.00000601. The number of nitrogens with zero attached hydrogens (tertiary/aromatic N) is 1. The van der Waals surface area contributed by atoms with Crippen molar-refractivity contribution in [1.29, 1.82) is 0 Å². The van der Waals surface area contributed by atoms with Crippen molar-refractivity contribution in [1.82, 2.24) is 10.2 Å². The lowest BCUT2D eigenvalue weighted by Gasteiger charge is -2.26. The van der Waals surface area contributed by atoms with Gasteiger partial charge in [-0.3, -0.25) is 0 Å². The van der Waals surface area contributed by atoms with E-state index in [0.717, 1.165) is 38.4 Å². The van der Waals surface area contributed by atoms with Crippen LogP contribution >= 0.6 is 0 Å². The van der Waals surface area contributed by atoms with E-state index in [1.165, 1.54) is 11.1 Å². The van der Waals surface area contributed by atoms with E-state index in [2.05, 4.69) is 92.8 Å². The molecule has 0 aliphatic heterocycles. The number of ether oxygens (including phenoxy) is 1. The SMILES string of the molecule is CN(C)CCNCCCOc1ccc(C(C)(C)c2ccccc2)cc1.[Cl-]. The van der Waals surface area contributed by atoms with Crippen molar-refractivity contribution in [2.75, 3.05) is 40.3 Å². The first-order valence-corrected chi connectivity index (χ1v) is 9.14. The van der Waals surface area contributed by atoms with Crippen LogP contribution in [-0.2, 0) is 5.41 Å². The van der Waals surface area contributed by atoms with E-state index in [-0.39, 0.29) is 17.8 Å². The second-order valence-corrected chi connectivity index (χ2v) is 7.27. The summed E-state index contributed by atoms with van der Waals surface area (Å²) >= 11 is 0. The van der Waals surface area contributed by atoms with E-state index in [1.807, 2.05) is 0 Å². The van der Waals surface area contributed by atoms with Gasteiger partial charge in [0, 0.05) is 18.5 Å². The van der Waals surface area contributed by atoms with Gasteiger partial charge in [-0.25, -0.2) is 0 Å². The molecule has 2 rings (SSSR count). The Morgan fingerprint density at radius 3 is 2.12 bits per heavy atom. The maximum atomic E-state index is 5.86. The van der Waals surface area contributed by atoms with Gasteiger partial charge in [-0.05, 0) is 50.3 Å². The molecule has 2 aromatic carbocycles. The van der Waals surface area contributed by atoms with Gasteiger partial charge in [0.15, 0.2) is 0 Å². The Balaban J connectivity index is 0.00000338. The average molecular weight is 376 g/mol. The van der Waals surface area contributed by atoms with Crippen molar-refractivity contribution in [2.24, 2.45) is 0 Å². The molecule has 0 unspecified atom stereocenters. The molecule has 26 heavy (non-hydrogen) atoms. The van der Waals surface area contributed by atoms with Crippen LogP contribution in [0.3, 0.4) is 0 Å². The van der Waals surface area contributed by atoms with Crippen LogP contribution in [0, 0.1) is 0 Å². The Hall–Kier alpha value is -1.55. The number of halogens is 1. The zero-order valence-corrected chi connectivity index (χ0v) is 17.2. The second-order valence-electron chi connectivity index (χ2n) is 7.27. The summed E-state index contributed by atoms with van der Waals surface area (Å²) in [5.41, 5.74) is 2.62. The van der Waals surface area contributed by atoms with Crippen LogP contribution in [0.1, 0.15) is 31.4 Å². The van der Waals surface area contributed by atoms with Crippen molar-refractivity contribution in [3.63, 3.8) is 0 Å². The molecule has 2 aromatic rings. The van der Waals surface area contributed by atoms with E-state index in [0.29, 0.717) is 0 Å². The summed E-state index contributed by atoms with van der Waals surface area (Å²) < 4.78 is 5.86. The molecule has 1 N–H and O–H groups in total. The molecule has 0 aromatic heterocycles. The minimum atomic E-state index is -0.00382. The third kappa shape index (κ3) is 6.99. The molecule has 0 fully saturated rings. The largest absolute Gasteiger partial charge is 1.00 e. The molecule has 4 heteroatoms. The van der Waals surface area contributed by atoms with Crippen LogP contribution in [-0.4, -0.2) is 45.2 Å². The Labute approximate surface area is 165 Å². The number of hydrogen-bond donors (Lipinski definition) is 1. The topological polar surface area (TPSA) is 24.5 Å². The third-order valence-corrected chi connectivity index (χ3v) is 4.57. The lowest BCUT2D eigenvalue weighted by atomic mass is 9.78. The van der Waals surface area contributed by atoms with Gasteiger partial charge < -0.3 is 27.4 Å². The van der Waals surface area contributed by atoms with Crippen molar-refractivity contribution in [2.45, 2.75) is 25.7 Å². The van der Waals surface area contributed by atoms with E-state index in [1.54, 1.807) is 0 Å². The van der Waals surface area contributed by atoms with E-state index in [9.17, 15) is 0 Å². The highest BCUT2D eigenvalue weighted by Crippen LogP contribution is 2.32. The summed E-state index contributed by atoms with van der Waals surface area (Å²) in [6.07, 6.45) is 1.02. The Kier molecular flexibility index (Phi) is 9.71. The third-order valence-electron chi connectivity index (χ3n) is 4.57. The second kappa shape index (κ2) is 11.2. The first-order chi connectivity index (χ1) is 12.0. The molecule has 0 amide bonds. The van der Waals surface area contributed by atoms with Crippen LogP contribution < -0.4 is 22.5 Å². The summed E-state index contributed by atoms with van der Waals surface area (Å²) in [4.78, 5) is 2.18. The summed E-state index contributed by atoms with van der Waals surface area (Å²) in [5.74, 6) is 0.945. The van der Waals surface area contributed by atoms with Gasteiger partial charge >= 0.3 is 0 Å². The monoisotopic (exact) mass is 375 g/mol. The quantitative estimate of drug-likeness (QED) is 0.625. The highest BCUT2D eigenvalue weighted by atomic mass is 35.5. The van der Waals surface area contributed by atoms with Gasteiger partial charge in [0.1, 0.15) is 5.75 Å². The molecule has 0 radical (unpaired) electrons. The average Bonchev–Trinajstić information content (AvgIpc) is 2.62. The number of rotatable bonds is 10. The summed E-state index contributed by atoms with van der Waals surface area (Å²) in [7, 11) is 4.18. The van der Waals surface area contributed by atoms with Crippen molar-refractivity contribution in [3.05, 3.63) is 65.7 Å². The highest BCUT2D eigenvalue weighted by Gasteiger charge is 2.22. The Morgan fingerprint density at radius 2 is 1.50 bits per heavy atom. The van der Waals surface area contributed by atoms with Gasteiger partial charge in [0.25, 0.3) is 0 Å². The highest BCUT2D eigenvalue weighted by molar-refractivity contribution is 5.39. The van der Waals surface area contributed by atoms with Crippen molar-refractivity contribution >= 4 is 0 Å². The lowest BCUT2D eigenvalue weighted by Crippen LogP contribution is -3.00. The fourth-order valence-corrected chi connectivity index (χ4v) is 2.80. The standard InChI is InChI=1S/C22H32N2O.ClH/c1-22(2,19-9-6-5-7-10-19)20-11-13-21(14-12-20)25-18-8-15-23-16-17-24(3)4;/h5-7,9-14,23H,8,15-18H2,1-4H3;1H/p-1. The Bertz CT molecular complexity index is 612. The first-order valence-electron chi connectivity index (χ1n) is 9.14. The summed E-state index contributed by atoms with van der Waals surface area (Å²) in [5, 5.41) is 3.43. The van der Waals surface area contributed by atoms with Crippen molar-refractivity contribution < 1.29 is 17.1 Å². The maximum absolute atomic E-state index is 5.86. The predicted molar refractivity (Wildman–Crippen MR) is 107 cm³/mol. The minimum Gasteiger partial charge on any atom is -1.00 e. The predicted octanol–water partition coefficient (Wildman–Crippen LogP) is 0.937. The zero-order valence-electron chi connectivity index (χ0n) is 16.5. The molecule has 0 aliphatic carbocycles. The molecule has 0 heterocycles. The van der Waals surface area contributed by atoms with E-state index in [4.69, 9.17) is 4.74 Å². The van der Waals surface area contributed by atoms with E-state index >= 15 is 0 Å². The smallest absolute Gasteiger partial charge is 0.119 e. The fourth-order valence-electron chi connectivity index (χ4n) is 2.80. The summed E-state index contributed by atoms with van der Waals surface area (Å²) in [6.45, 7) is 8.36. The molecular weight excluding hydrogens is 344 g/mol. The minimum absolute atomic E-state index is 0. The van der Waals surface area contributed by atoms with Gasteiger partial charge in [0.2, 0.25) is 0 Å². The van der Waals surface area contributed by atoms with E-state index < -0.39 is 0 Å². The van der Waals surface area contributed by atoms with Crippen LogP contribution in [0.15, 0.2) is 54.6 Å². The molecule has 0 bridgehead atoms. The molecule has 0 aliphatic rings. The van der Waals surface area contributed by atoms with Gasteiger partial charge in [-0.2, -0.15) is 0 Å². The molecule has 0 saturated heterocycles. The van der Waals surface area contributed by atoms with Gasteiger partial charge in [0.05, 0.1) is 6.61 Å². The molecule has 0 spiro atoms. The van der Waals surface area contributed by atoms with Crippen LogP contribution in [0.4, 0.5) is 0 Å². The van der Waals surface area contributed by atoms with Crippen molar-refractivity contribution in [3.8, 4) is 5.75 Å². The molecule has 3 nitrogen and oxygen atoms in total. The summed E-state index contributed by atoms with van der Waals surface area (Å²) in [6, 6.07) is 19.2. The number of likely N-dealkylation sites (N-methyl/N-ethyl adjacent to an activating group) is 1. The zero-order chi connectivity index (χ0) is 18.1. The van der Waals surface area contributed by atoms with Crippen LogP contribution in [0.5, 0.6) is 5.75 Å². The number of nitrogens with one attached hydrogen (secondary N) is 1. The molecule has 0 saturated carbocycles.